The van der Waals surface area contributed by atoms with Crippen LogP contribution in [0.4, 0.5) is 0 Å². The Labute approximate surface area is 124 Å². The van der Waals surface area contributed by atoms with Crippen molar-refractivity contribution in [3.05, 3.63) is 0 Å². The molecule has 0 aliphatic rings. The van der Waals surface area contributed by atoms with Crippen molar-refractivity contribution >= 4 is 55.2 Å². The van der Waals surface area contributed by atoms with Crippen molar-refractivity contribution in [2.45, 2.75) is 5.71 Å². The van der Waals surface area contributed by atoms with Crippen LogP contribution in [-0.4, -0.2) is 79.1 Å². The Kier molecular flexibility index (Phi) is 5.90. The fraction of sp³-hybridized carbons (Fsp3) is 1.00. The summed E-state index contributed by atoms with van der Waals surface area (Å²) in [5.74, 6) is 0. The zero-order valence-corrected chi connectivity index (χ0v) is 16.4. The van der Waals surface area contributed by atoms with Gasteiger partial charge in [-0.1, -0.05) is 0 Å². The molecule has 0 bridgehead atoms. The number of sulfonamides is 4. The van der Waals surface area contributed by atoms with E-state index in [0.717, 1.165) is 5.71 Å². The average molecular weight is 434 g/mol. The molecule has 0 aromatic heterocycles. The molecule has 0 saturated heterocycles. The number of hydrogen-bond acceptors (Lipinski definition) is 8. The van der Waals surface area contributed by atoms with E-state index in [2.05, 4.69) is 0 Å². The van der Waals surface area contributed by atoms with E-state index in [-0.39, 0.29) is 5.25 Å². The van der Waals surface area contributed by atoms with Gasteiger partial charge < -0.3 is 0 Å². The minimum atomic E-state index is -4.35. The summed E-state index contributed by atoms with van der Waals surface area (Å²) in [5.41, 5.74) is 0.983. The Morgan fingerprint density at radius 3 is 0.800 bits per heavy atom. The molecular formula is C5H15AsN2O8S4. The quantitative estimate of drug-likeness (QED) is 0.419. The van der Waals surface area contributed by atoms with Gasteiger partial charge in [0.05, 0.1) is 0 Å². The fourth-order valence-electron chi connectivity index (χ4n) is 1.41. The molecular weight excluding hydrogens is 419 g/mol. The van der Waals surface area contributed by atoms with E-state index in [4.69, 9.17) is 0 Å². The fourth-order valence-corrected chi connectivity index (χ4v) is 20.6. The van der Waals surface area contributed by atoms with Gasteiger partial charge in [-0.25, -0.2) is 0 Å². The standard InChI is InChI=1S/C5H15AsN2O8S4/c1-6(7(17(2,9)10)18(3,11)12)8(19(4,13)14)20(5,15)16/h1-5H3. The summed E-state index contributed by atoms with van der Waals surface area (Å²) in [5, 5.41) is 0. The minimum absolute atomic E-state index is 0.0326. The van der Waals surface area contributed by atoms with Crippen LogP contribution in [0.15, 0.2) is 0 Å². The van der Waals surface area contributed by atoms with Crippen LogP contribution >= 0.6 is 0 Å². The predicted molar refractivity (Wildman–Crippen MR) is 74.7 cm³/mol. The summed E-state index contributed by atoms with van der Waals surface area (Å²) in [7, 11) is -17.4. The molecule has 10 nitrogen and oxygen atoms in total. The molecule has 0 saturated carbocycles. The van der Waals surface area contributed by atoms with Crippen LogP contribution in [0.5, 0.6) is 0 Å². The van der Waals surface area contributed by atoms with Crippen molar-refractivity contribution in [3.8, 4) is 0 Å². The zero-order valence-electron chi connectivity index (χ0n) is 11.2. The second kappa shape index (κ2) is 5.82. The molecule has 0 aromatic carbocycles. The van der Waals surface area contributed by atoms with Crippen molar-refractivity contribution in [1.29, 1.82) is 0 Å². The number of nitrogens with zero attached hydrogens (tertiary/aromatic N) is 2. The molecule has 122 valence electrons. The molecule has 0 heterocycles. The van der Waals surface area contributed by atoms with Crippen molar-refractivity contribution in [3.63, 3.8) is 0 Å². The van der Waals surface area contributed by atoms with E-state index >= 15 is 0 Å². The van der Waals surface area contributed by atoms with Gasteiger partial charge in [0.1, 0.15) is 0 Å². The third-order valence-corrected chi connectivity index (χ3v) is 21.5. The van der Waals surface area contributed by atoms with Gasteiger partial charge in [0.25, 0.3) is 0 Å². The first kappa shape index (κ1) is 20.3. The van der Waals surface area contributed by atoms with Gasteiger partial charge in [0.15, 0.2) is 0 Å². The van der Waals surface area contributed by atoms with Crippen LogP contribution in [-0.2, 0) is 40.1 Å². The van der Waals surface area contributed by atoms with Crippen molar-refractivity contribution in [2.75, 3.05) is 25.0 Å². The van der Waals surface area contributed by atoms with Crippen molar-refractivity contribution in [2.24, 2.45) is 0 Å². The second-order valence-corrected chi connectivity index (χ2v) is 17.8. The average Bonchev–Trinajstić information content (AvgIpc) is 1.88. The van der Waals surface area contributed by atoms with E-state index in [0.29, 0.717) is 25.0 Å². The summed E-state index contributed by atoms with van der Waals surface area (Å²) in [6.45, 7) is 0. The number of hydrogen-bond donors (Lipinski definition) is 0. The third kappa shape index (κ3) is 5.24. The summed E-state index contributed by atoms with van der Waals surface area (Å²) >= 11 is -3.70. The molecule has 0 atom stereocenters. The first-order valence-electron chi connectivity index (χ1n) is 4.54. The summed E-state index contributed by atoms with van der Waals surface area (Å²) < 4.78 is 92.3. The van der Waals surface area contributed by atoms with Gasteiger partial charge in [0.2, 0.25) is 0 Å². The van der Waals surface area contributed by atoms with Crippen LogP contribution < -0.4 is 0 Å². The second-order valence-electron chi connectivity index (χ2n) is 3.90. The van der Waals surface area contributed by atoms with Crippen LogP contribution in [0.1, 0.15) is 0 Å². The normalized spacial score (nSPS) is 15.2. The molecule has 0 amide bonds. The molecule has 0 aromatic rings. The van der Waals surface area contributed by atoms with Crippen molar-refractivity contribution in [1.82, 2.24) is 5.25 Å². The third-order valence-electron chi connectivity index (χ3n) is 1.61. The van der Waals surface area contributed by atoms with Crippen LogP contribution in [0, 0.1) is 0 Å². The van der Waals surface area contributed by atoms with Gasteiger partial charge in [-0.15, -0.1) is 0 Å². The topological polar surface area (TPSA) is 143 Å². The van der Waals surface area contributed by atoms with E-state index in [1.165, 1.54) is 0 Å². The van der Waals surface area contributed by atoms with Crippen LogP contribution in [0.25, 0.3) is 0 Å². The Morgan fingerprint density at radius 2 is 0.700 bits per heavy atom. The van der Waals surface area contributed by atoms with E-state index in [1.807, 2.05) is 0 Å². The summed E-state index contributed by atoms with van der Waals surface area (Å²) in [6, 6.07) is 0. The van der Waals surface area contributed by atoms with E-state index < -0.39 is 55.2 Å². The molecule has 0 spiro atoms. The summed E-state index contributed by atoms with van der Waals surface area (Å²) in [4.78, 5) is 0. The Hall–Kier alpha value is 0.278. The monoisotopic (exact) mass is 434 g/mol. The molecule has 0 radical (unpaired) electrons. The predicted octanol–water partition coefficient (Wildman–Crippen LogP) is -2.45. The van der Waals surface area contributed by atoms with Gasteiger partial charge in [-0.3, -0.25) is 0 Å². The zero-order chi connectivity index (χ0) is 16.7. The van der Waals surface area contributed by atoms with Crippen LogP contribution in [0.2, 0.25) is 5.71 Å². The molecule has 0 aliphatic carbocycles. The van der Waals surface area contributed by atoms with Gasteiger partial charge >= 0.3 is 125 Å². The SMILES string of the molecule is C[As](N(S(C)(=O)=O)S(C)(=O)=O)N(S(C)(=O)=O)S(C)(=O)=O. The molecule has 0 aliphatic heterocycles. The Balaban J connectivity index is 6.38. The molecule has 20 heavy (non-hydrogen) atoms. The van der Waals surface area contributed by atoms with E-state index in [9.17, 15) is 33.7 Å². The molecule has 0 unspecified atom stereocenters. The van der Waals surface area contributed by atoms with E-state index in [1.54, 1.807) is 0 Å². The van der Waals surface area contributed by atoms with Crippen molar-refractivity contribution < 1.29 is 33.7 Å². The maximum absolute atomic E-state index is 11.5. The molecule has 0 N–H and O–H groups in total. The molecule has 0 rings (SSSR count). The summed E-state index contributed by atoms with van der Waals surface area (Å²) in [6.07, 6.45) is 2.23. The first-order chi connectivity index (χ1) is 8.40. The number of rotatable bonds is 6. The maximum atomic E-state index is 11.5. The van der Waals surface area contributed by atoms with Crippen LogP contribution in [0.3, 0.4) is 0 Å². The molecule has 15 heteroatoms. The van der Waals surface area contributed by atoms with Gasteiger partial charge in [-0.2, -0.15) is 0 Å². The Bertz CT molecular complexity index is 648. The first-order valence-corrected chi connectivity index (χ1v) is 15.5. The van der Waals surface area contributed by atoms with Gasteiger partial charge in [0, 0.05) is 0 Å². The Morgan fingerprint density at radius 1 is 0.550 bits per heavy atom. The molecule has 0 fully saturated rings. The van der Waals surface area contributed by atoms with Gasteiger partial charge in [-0.05, 0) is 0 Å².